The van der Waals surface area contributed by atoms with Crippen LogP contribution in [0, 0.1) is 0 Å². The molecule has 0 aromatic carbocycles. The van der Waals surface area contributed by atoms with Gasteiger partial charge in [0.2, 0.25) is 0 Å². The van der Waals surface area contributed by atoms with Crippen LogP contribution in [-0.2, 0) is 20.0 Å². The van der Waals surface area contributed by atoms with E-state index in [0.29, 0.717) is 6.04 Å². The summed E-state index contributed by atoms with van der Waals surface area (Å²) in [5.41, 5.74) is 2.41. The molecular formula is C13H23BrN4. The number of hydrogen-bond acceptors (Lipinski definition) is 3. The lowest BCUT2D eigenvalue weighted by atomic mass is 10.1. The first-order chi connectivity index (χ1) is 8.61. The Kier molecular flexibility index (Phi) is 4.81. The first kappa shape index (κ1) is 14.0. The minimum absolute atomic E-state index is 0.646. The smallest absolute Gasteiger partial charge is 0.0767 e. The fourth-order valence-corrected chi connectivity index (χ4v) is 3.22. The highest BCUT2D eigenvalue weighted by atomic mass is 79.9. The molecule has 1 N–H and O–H groups in total. The van der Waals surface area contributed by atoms with Crippen molar-refractivity contribution in [3.8, 4) is 0 Å². The highest BCUT2D eigenvalue weighted by Crippen LogP contribution is 2.21. The van der Waals surface area contributed by atoms with Crippen LogP contribution >= 0.6 is 15.9 Å². The monoisotopic (exact) mass is 314 g/mol. The van der Waals surface area contributed by atoms with Crippen molar-refractivity contribution in [1.82, 2.24) is 20.0 Å². The van der Waals surface area contributed by atoms with E-state index in [1.807, 2.05) is 11.7 Å². The molecule has 0 atom stereocenters. The average molecular weight is 315 g/mol. The zero-order chi connectivity index (χ0) is 13.1. The summed E-state index contributed by atoms with van der Waals surface area (Å²) >= 11 is 3.67. The number of aromatic nitrogens is 2. The Bertz CT molecular complexity index is 394. The molecule has 0 radical (unpaired) electrons. The van der Waals surface area contributed by atoms with Crippen molar-refractivity contribution in [2.24, 2.45) is 7.05 Å². The van der Waals surface area contributed by atoms with Crippen LogP contribution in [0.15, 0.2) is 4.47 Å². The van der Waals surface area contributed by atoms with Gasteiger partial charge in [-0.3, -0.25) is 4.68 Å². The number of nitrogens with zero attached hydrogens (tertiary/aromatic N) is 3. The maximum Gasteiger partial charge on any atom is 0.0767 e. The lowest BCUT2D eigenvalue weighted by Crippen LogP contribution is -2.40. The lowest BCUT2D eigenvalue weighted by Gasteiger charge is -2.29. The van der Waals surface area contributed by atoms with Crippen molar-refractivity contribution < 1.29 is 0 Å². The lowest BCUT2D eigenvalue weighted by molar-refractivity contribution is 0.233. The van der Waals surface area contributed by atoms with E-state index in [1.54, 1.807) is 0 Å². The molecule has 2 heterocycles. The summed E-state index contributed by atoms with van der Waals surface area (Å²) in [7, 11) is 4.22. The molecule has 18 heavy (non-hydrogen) atoms. The van der Waals surface area contributed by atoms with E-state index in [9.17, 15) is 0 Å². The third-order valence-electron chi connectivity index (χ3n) is 3.78. The average Bonchev–Trinajstić information content (AvgIpc) is 2.64. The van der Waals surface area contributed by atoms with E-state index in [1.165, 1.54) is 36.1 Å². The molecule has 1 fully saturated rings. The maximum absolute atomic E-state index is 4.53. The Morgan fingerprint density at radius 1 is 1.33 bits per heavy atom. The summed E-state index contributed by atoms with van der Waals surface area (Å²) in [4.78, 5) is 2.40. The molecule has 4 nitrogen and oxygen atoms in total. The van der Waals surface area contributed by atoms with E-state index in [0.717, 1.165) is 18.7 Å². The fraction of sp³-hybridized carbons (Fsp3) is 0.769. The summed E-state index contributed by atoms with van der Waals surface area (Å²) in [6.07, 6.45) is 3.46. The number of rotatable bonds is 4. The second-order valence-electron chi connectivity index (χ2n) is 5.14. The van der Waals surface area contributed by atoms with Crippen LogP contribution in [0.3, 0.4) is 0 Å². The number of hydrogen-bond donors (Lipinski definition) is 1. The molecule has 102 valence electrons. The maximum atomic E-state index is 4.53. The standard InChI is InChI=1S/C13H23BrN4/c1-4-11-13(14)12(18(3)16-11)9-15-10-5-7-17(2)8-6-10/h10,15H,4-9H2,1-3H3. The van der Waals surface area contributed by atoms with Crippen molar-refractivity contribution in [3.63, 3.8) is 0 Å². The quantitative estimate of drug-likeness (QED) is 0.922. The largest absolute Gasteiger partial charge is 0.308 e. The third kappa shape index (κ3) is 3.13. The van der Waals surface area contributed by atoms with Gasteiger partial charge in [0.05, 0.1) is 15.9 Å². The molecular weight excluding hydrogens is 292 g/mol. The molecule has 1 aliphatic rings. The molecule has 0 amide bonds. The van der Waals surface area contributed by atoms with Gasteiger partial charge in [0.15, 0.2) is 0 Å². The topological polar surface area (TPSA) is 33.1 Å². The highest BCUT2D eigenvalue weighted by Gasteiger charge is 2.18. The van der Waals surface area contributed by atoms with Gasteiger partial charge in [-0.15, -0.1) is 0 Å². The molecule has 0 bridgehead atoms. The van der Waals surface area contributed by atoms with E-state index in [2.05, 4.69) is 45.2 Å². The first-order valence-electron chi connectivity index (χ1n) is 6.74. The third-order valence-corrected chi connectivity index (χ3v) is 4.70. The summed E-state index contributed by atoms with van der Waals surface area (Å²) in [5, 5.41) is 8.19. The van der Waals surface area contributed by atoms with Crippen LogP contribution in [0.5, 0.6) is 0 Å². The van der Waals surface area contributed by atoms with Crippen molar-refractivity contribution in [2.45, 2.75) is 38.8 Å². The normalized spacial score (nSPS) is 18.4. The van der Waals surface area contributed by atoms with Crippen molar-refractivity contribution in [3.05, 3.63) is 15.9 Å². The number of likely N-dealkylation sites (tertiary alicyclic amines) is 1. The van der Waals surface area contributed by atoms with Gasteiger partial charge in [0, 0.05) is 19.6 Å². The van der Waals surface area contributed by atoms with Gasteiger partial charge < -0.3 is 10.2 Å². The summed E-state index contributed by atoms with van der Waals surface area (Å²) in [6, 6.07) is 0.646. The minimum atomic E-state index is 0.646. The Morgan fingerprint density at radius 3 is 2.56 bits per heavy atom. The highest BCUT2D eigenvalue weighted by molar-refractivity contribution is 9.10. The molecule has 0 aliphatic carbocycles. The molecule has 1 saturated heterocycles. The van der Waals surface area contributed by atoms with E-state index >= 15 is 0 Å². The van der Waals surface area contributed by atoms with E-state index < -0.39 is 0 Å². The van der Waals surface area contributed by atoms with E-state index in [4.69, 9.17) is 0 Å². The van der Waals surface area contributed by atoms with Crippen LogP contribution < -0.4 is 5.32 Å². The molecule has 1 aromatic heterocycles. The number of nitrogens with one attached hydrogen (secondary N) is 1. The predicted molar refractivity (Wildman–Crippen MR) is 77.6 cm³/mol. The van der Waals surface area contributed by atoms with Crippen LogP contribution in [0.25, 0.3) is 0 Å². The predicted octanol–water partition coefficient (Wildman–Crippen LogP) is 1.93. The zero-order valence-corrected chi connectivity index (χ0v) is 13.1. The van der Waals surface area contributed by atoms with Crippen LogP contribution in [-0.4, -0.2) is 40.9 Å². The fourth-order valence-electron chi connectivity index (χ4n) is 2.47. The molecule has 0 unspecified atom stereocenters. The van der Waals surface area contributed by atoms with Gasteiger partial charge in [-0.1, -0.05) is 6.92 Å². The van der Waals surface area contributed by atoms with Crippen LogP contribution in [0.4, 0.5) is 0 Å². The minimum Gasteiger partial charge on any atom is -0.308 e. The Morgan fingerprint density at radius 2 is 2.00 bits per heavy atom. The molecule has 5 heteroatoms. The molecule has 1 aromatic rings. The zero-order valence-electron chi connectivity index (χ0n) is 11.5. The van der Waals surface area contributed by atoms with Crippen LogP contribution in [0.2, 0.25) is 0 Å². The molecule has 2 rings (SSSR count). The summed E-state index contributed by atoms with van der Waals surface area (Å²) < 4.78 is 3.16. The Balaban J connectivity index is 1.92. The van der Waals surface area contributed by atoms with Gasteiger partial charge in [-0.05, 0) is 55.3 Å². The molecule has 0 saturated carbocycles. The second kappa shape index (κ2) is 6.17. The Hall–Kier alpha value is -0.390. The van der Waals surface area contributed by atoms with Gasteiger partial charge in [-0.2, -0.15) is 5.10 Å². The molecule has 0 spiro atoms. The van der Waals surface area contributed by atoms with Gasteiger partial charge in [0.1, 0.15) is 0 Å². The number of piperidine rings is 1. The van der Waals surface area contributed by atoms with Crippen molar-refractivity contribution >= 4 is 15.9 Å². The van der Waals surface area contributed by atoms with Gasteiger partial charge >= 0.3 is 0 Å². The number of halogens is 1. The van der Waals surface area contributed by atoms with Crippen LogP contribution in [0.1, 0.15) is 31.2 Å². The molecule has 1 aliphatic heterocycles. The van der Waals surface area contributed by atoms with Crippen molar-refractivity contribution in [2.75, 3.05) is 20.1 Å². The summed E-state index contributed by atoms with van der Waals surface area (Å²) in [5.74, 6) is 0. The first-order valence-corrected chi connectivity index (χ1v) is 7.53. The van der Waals surface area contributed by atoms with Gasteiger partial charge in [-0.25, -0.2) is 0 Å². The van der Waals surface area contributed by atoms with Gasteiger partial charge in [0.25, 0.3) is 0 Å². The Labute approximate surface area is 118 Å². The van der Waals surface area contributed by atoms with E-state index in [-0.39, 0.29) is 0 Å². The second-order valence-corrected chi connectivity index (χ2v) is 5.94. The summed E-state index contributed by atoms with van der Waals surface area (Å²) in [6.45, 7) is 5.44. The SMILES string of the molecule is CCc1nn(C)c(CNC2CCN(C)CC2)c1Br. The van der Waals surface area contributed by atoms with Crippen molar-refractivity contribution in [1.29, 1.82) is 0 Å². The number of aryl methyl sites for hydroxylation is 2.